The van der Waals surface area contributed by atoms with E-state index >= 15 is 0 Å². The molecule has 0 radical (unpaired) electrons. The zero-order chi connectivity index (χ0) is 12.3. The Bertz CT molecular complexity index is 362. The van der Waals surface area contributed by atoms with Gasteiger partial charge >= 0.3 is 0 Å². The third-order valence-electron chi connectivity index (χ3n) is 3.11. The number of rotatable bonds is 3. The van der Waals surface area contributed by atoms with Gasteiger partial charge in [-0.05, 0) is 13.0 Å². The summed E-state index contributed by atoms with van der Waals surface area (Å²) in [6, 6.07) is 7.63. The molecule has 0 spiro atoms. The molecule has 1 aromatic rings. The van der Waals surface area contributed by atoms with Crippen molar-refractivity contribution in [3.8, 4) is 0 Å². The van der Waals surface area contributed by atoms with E-state index in [0.29, 0.717) is 0 Å². The minimum absolute atomic E-state index is 0.266. The number of morpholine rings is 1. The largest absolute Gasteiger partial charge is 0.387 e. The Hall–Kier alpha value is -1.10. The van der Waals surface area contributed by atoms with Crippen molar-refractivity contribution in [2.75, 3.05) is 31.2 Å². The molecule has 0 amide bonds. The summed E-state index contributed by atoms with van der Waals surface area (Å²) in [5.41, 5.74) is 7.75. The Morgan fingerprint density at radius 1 is 1.29 bits per heavy atom. The molecular weight excluding hydrogens is 216 g/mol. The normalized spacial score (nSPS) is 20.1. The molecular formula is C13H20N2O2. The number of hydrogen-bond donors (Lipinski definition) is 2. The lowest BCUT2D eigenvalue weighted by Gasteiger charge is -2.32. The minimum atomic E-state index is -0.617. The van der Waals surface area contributed by atoms with Crippen LogP contribution < -0.4 is 10.6 Å². The van der Waals surface area contributed by atoms with Crippen molar-refractivity contribution < 1.29 is 9.84 Å². The molecule has 1 fully saturated rings. The molecule has 0 aromatic heterocycles. The van der Waals surface area contributed by atoms with Crippen LogP contribution in [0.25, 0.3) is 0 Å². The highest BCUT2D eigenvalue weighted by atomic mass is 16.5. The molecule has 0 saturated carbocycles. The summed E-state index contributed by atoms with van der Waals surface area (Å²) in [7, 11) is 0. The molecule has 1 heterocycles. The Morgan fingerprint density at radius 2 is 1.94 bits per heavy atom. The van der Waals surface area contributed by atoms with Crippen molar-refractivity contribution in [2.24, 2.45) is 5.73 Å². The van der Waals surface area contributed by atoms with Gasteiger partial charge in [-0.1, -0.05) is 18.2 Å². The zero-order valence-electron chi connectivity index (χ0n) is 10.2. The van der Waals surface area contributed by atoms with Crippen LogP contribution in [-0.2, 0) is 4.74 Å². The van der Waals surface area contributed by atoms with Crippen molar-refractivity contribution in [2.45, 2.75) is 19.1 Å². The fraction of sp³-hybridized carbons (Fsp3) is 0.538. The van der Waals surface area contributed by atoms with Gasteiger partial charge in [0.2, 0.25) is 0 Å². The number of nitrogens with two attached hydrogens (primary N) is 1. The summed E-state index contributed by atoms with van der Waals surface area (Å²) in [6.07, 6.45) is -0.617. The number of nitrogens with zero attached hydrogens (tertiary/aromatic N) is 1. The third kappa shape index (κ3) is 2.77. The summed E-state index contributed by atoms with van der Waals surface area (Å²) in [5.74, 6) is 0. The van der Waals surface area contributed by atoms with Crippen LogP contribution in [0.1, 0.15) is 18.6 Å². The monoisotopic (exact) mass is 236 g/mol. The maximum absolute atomic E-state index is 10.1. The van der Waals surface area contributed by atoms with Crippen molar-refractivity contribution in [1.82, 2.24) is 0 Å². The Balaban J connectivity index is 2.26. The van der Waals surface area contributed by atoms with E-state index in [0.717, 1.165) is 37.6 Å². The van der Waals surface area contributed by atoms with E-state index in [4.69, 9.17) is 10.5 Å². The Labute approximate surface area is 102 Å². The molecule has 3 N–H and O–H groups in total. The van der Waals surface area contributed by atoms with Gasteiger partial charge in [0.1, 0.15) is 0 Å². The van der Waals surface area contributed by atoms with Crippen LogP contribution in [0.5, 0.6) is 0 Å². The number of anilines is 1. The highest BCUT2D eigenvalue weighted by Gasteiger charge is 2.20. The number of aliphatic hydroxyl groups excluding tert-OH is 1. The van der Waals surface area contributed by atoms with Gasteiger partial charge < -0.3 is 20.5 Å². The molecule has 2 atom stereocenters. The molecule has 94 valence electrons. The molecule has 1 aliphatic heterocycles. The second-order valence-corrected chi connectivity index (χ2v) is 4.46. The van der Waals surface area contributed by atoms with Crippen molar-refractivity contribution in [1.29, 1.82) is 0 Å². The fourth-order valence-electron chi connectivity index (χ4n) is 2.11. The topological polar surface area (TPSA) is 58.7 Å². The van der Waals surface area contributed by atoms with E-state index in [1.807, 2.05) is 31.2 Å². The van der Waals surface area contributed by atoms with Gasteiger partial charge in [-0.3, -0.25) is 0 Å². The first-order valence-electron chi connectivity index (χ1n) is 6.05. The summed E-state index contributed by atoms with van der Waals surface area (Å²) in [4.78, 5) is 2.24. The van der Waals surface area contributed by atoms with Crippen molar-refractivity contribution in [3.63, 3.8) is 0 Å². The molecule has 17 heavy (non-hydrogen) atoms. The third-order valence-corrected chi connectivity index (χ3v) is 3.11. The summed E-state index contributed by atoms with van der Waals surface area (Å²) >= 11 is 0. The van der Waals surface area contributed by atoms with E-state index in [1.165, 1.54) is 0 Å². The smallest absolute Gasteiger partial charge is 0.0958 e. The highest BCUT2D eigenvalue weighted by molar-refractivity contribution is 5.55. The lowest BCUT2D eigenvalue weighted by molar-refractivity contribution is 0.121. The first-order chi connectivity index (χ1) is 8.20. The van der Waals surface area contributed by atoms with Crippen LogP contribution in [0.2, 0.25) is 0 Å². The van der Waals surface area contributed by atoms with Crippen LogP contribution in [0.4, 0.5) is 5.69 Å². The Kier molecular flexibility index (Phi) is 3.99. The molecule has 1 aromatic carbocycles. The second kappa shape index (κ2) is 5.49. The molecule has 0 bridgehead atoms. The van der Waals surface area contributed by atoms with E-state index in [2.05, 4.69) is 4.90 Å². The first-order valence-corrected chi connectivity index (χ1v) is 6.05. The first kappa shape index (κ1) is 12.4. The number of aliphatic hydroxyl groups is 1. The number of benzene rings is 1. The van der Waals surface area contributed by atoms with Crippen LogP contribution in [0.15, 0.2) is 24.3 Å². The van der Waals surface area contributed by atoms with Gasteiger partial charge in [-0.25, -0.2) is 0 Å². The molecule has 2 unspecified atom stereocenters. The number of para-hydroxylation sites is 1. The van der Waals surface area contributed by atoms with E-state index in [1.54, 1.807) is 0 Å². The zero-order valence-corrected chi connectivity index (χ0v) is 10.2. The number of hydrogen-bond acceptors (Lipinski definition) is 4. The number of ether oxygens (including phenoxy) is 1. The lowest BCUT2D eigenvalue weighted by Crippen LogP contribution is -2.37. The van der Waals surface area contributed by atoms with Crippen molar-refractivity contribution in [3.05, 3.63) is 29.8 Å². The van der Waals surface area contributed by atoms with Crippen LogP contribution in [0.3, 0.4) is 0 Å². The van der Waals surface area contributed by atoms with E-state index < -0.39 is 6.10 Å². The standard InChI is InChI=1S/C13H20N2O2/c1-10(14)13(16)11-4-2-3-5-12(11)15-6-8-17-9-7-15/h2-5,10,13,16H,6-9,14H2,1H3. The fourth-order valence-corrected chi connectivity index (χ4v) is 2.11. The lowest BCUT2D eigenvalue weighted by atomic mass is 10.0. The summed E-state index contributed by atoms with van der Waals surface area (Å²) in [6.45, 7) is 5.03. The highest BCUT2D eigenvalue weighted by Crippen LogP contribution is 2.28. The summed E-state index contributed by atoms with van der Waals surface area (Å²) in [5, 5.41) is 10.1. The molecule has 0 aliphatic carbocycles. The van der Waals surface area contributed by atoms with Crippen LogP contribution in [-0.4, -0.2) is 37.5 Å². The predicted molar refractivity (Wildman–Crippen MR) is 68.1 cm³/mol. The molecule has 4 nitrogen and oxygen atoms in total. The SMILES string of the molecule is CC(N)C(O)c1ccccc1N1CCOCC1. The van der Waals surface area contributed by atoms with E-state index in [-0.39, 0.29) is 6.04 Å². The Morgan fingerprint density at radius 3 is 2.59 bits per heavy atom. The average molecular weight is 236 g/mol. The van der Waals surface area contributed by atoms with E-state index in [9.17, 15) is 5.11 Å². The molecule has 4 heteroatoms. The molecule has 1 aliphatic rings. The van der Waals surface area contributed by atoms with Gasteiger partial charge in [0.05, 0.1) is 19.3 Å². The summed E-state index contributed by atoms with van der Waals surface area (Å²) < 4.78 is 5.34. The molecule has 2 rings (SSSR count). The minimum Gasteiger partial charge on any atom is -0.387 e. The van der Waals surface area contributed by atoms with Gasteiger partial charge in [-0.2, -0.15) is 0 Å². The van der Waals surface area contributed by atoms with Crippen molar-refractivity contribution >= 4 is 5.69 Å². The average Bonchev–Trinajstić information content (AvgIpc) is 2.39. The predicted octanol–water partition coefficient (Wildman–Crippen LogP) is 0.904. The maximum Gasteiger partial charge on any atom is 0.0958 e. The van der Waals surface area contributed by atoms with Gasteiger partial charge in [0.15, 0.2) is 0 Å². The molecule has 1 saturated heterocycles. The van der Waals surface area contributed by atoms with Gasteiger partial charge in [-0.15, -0.1) is 0 Å². The maximum atomic E-state index is 10.1. The quantitative estimate of drug-likeness (QED) is 0.819. The van der Waals surface area contributed by atoms with Crippen LogP contribution in [0, 0.1) is 0 Å². The van der Waals surface area contributed by atoms with Gasteiger partial charge in [0, 0.05) is 30.4 Å². The van der Waals surface area contributed by atoms with Crippen LogP contribution >= 0.6 is 0 Å². The van der Waals surface area contributed by atoms with Gasteiger partial charge in [0.25, 0.3) is 0 Å². The second-order valence-electron chi connectivity index (χ2n) is 4.46.